The number of halogens is 3. The number of aromatic amines is 1. The Balaban J connectivity index is 1.75. The van der Waals surface area contributed by atoms with E-state index in [1.54, 1.807) is 0 Å². The van der Waals surface area contributed by atoms with Gasteiger partial charge >= 0.3 is 6.03 Å². The van der Waals surface area contributed by atoms with Crippen molar-refractivity contribution in [3.8, 4) is 0 Å². The number of urea groups is 1. The molecular weight excluding hydrogens is 444 g/mol. The van der Waals surface area contributed by atoms with Crippen LogP contribution < -0.4 is 10.9 Å². The second-order valence-corrected chi connectivity index (χ2v) is 7.80. The number of H-pyrrole nitrogens is 1. The fourth-order valence-corrected chi connectivity index (χ4v) is 4.06. The Morgan fingerprint density at radius 1 is 1.25 bits per heavy atom. The monoisotopic (exact) mass is 463 g/mol. The average Bonchev–Trinajstić information content (AvgIpc) is 2.77. The zero-order valence-electron chi connectivity index (χ0n) is 16.8. The number of nitrogens with zero attached hydrogens (tertiary/aromatic N) is 1. The lowest BCUT2D eigenvalue weighted by atomic mass is 9.95. The van der Waals surface area contributed by atoms with Crippen molar-refractivity contribution < 1.29 is 23.4 Å². The number of aliphatic hydroxyl groups excluding tert-OH is 1. The van der Waals surface area contributed by atoms with E-state index in [0.717, 1.165) is 12.1 Å². The molecule has 168 valence electrons. The van der Waals surface area contributed by atoms with Crippen molar-refractivity contribution in [3.63, 3.8) is 0 Å². The molecule has 0 spiro atoms. The molecule has 1 aromatic heterocycles. The van der Waals surface area contributed by atoms with Crippen LogP contribution in [0, 0.1) is 11.6 Å². The fraction of sp³-hybridized carbons (Fsp3) is 0.273. The number of nitrogens with one attached hydrogen (secondary N) is 2. The van der Waals surface area contributed by atoms with Crippen LogP contribution in [-0.4, -0.2) is 40.8 Å². The Morgan fingerprint density at radius 2 is 2.06 bits per heavy atom. The van der Waals surface area contributed by atoms with Gasteiger partial charge in [-0.25, -0.2) is 13.6 Å². The third-order valence-electron chi connectivity index (χ3n) is 5.33. The molecule has 0 saturated carbocycles. The number of carbonyl (C=O) groups is 1. The van der Waals surface area contributed by atoms with Crippen molar-refractivity contribution in [1.29, 1.82) is 0 Å². The molecule has 1 aliphatic rings. The van der Waals surface area contributed by atoms with Crippen molar-refractivity contribution in [3.05, 3.63) is 74.7 Å². The van der Waals surface area contributed by atoms with Crippen LogP contribution in [0.1, 0.15) is 23.7 Å². The van der Waals surface area contributed by atoms with Gasteiger partial charge in [0.2, 0.25) is 0 Å². The van der Waals surface area contributed by atoms with Crippen molar-refractivity contribution in [2.45, 2.75) is 19.1 Å². The smallest absolute Gasteiger partial charge is 0.322 e. The molecule has 0 bridgehead atoms. The minimum atomic E-state index is -0.619. The number of fused-ring (bicyclic) bond motifs is 3. The highest BCUT2D eigenvalue weighted by Gasteiger charge is 2.32. The summed E-state index contributed by atoms with van der Waals surface area (Å²) in [7, 11) is 0. The topological polar surface area (TPSA) is 94.7 Å². The van der Waals surface area contributed by atoms with Crippen molar-refractivity contribution in [2.24, 2.45) is 0 Å². The van der Waals surface area contributed by atoms with Gasteiger partial charge in [0.05, 0.1) is 29.7 Å². The van der Waals surface area contributed by atoms with Crippen LogP contribution in [0.4, 0.5) is 19.3 Å². The highest BCUT2D eigenvalue weighted by molar-refractivity contribution is 6.31. The van der Waals surface area contributed by atoms with Gasteiger partial charge in [0, 0.05) is 30.1 Å². The van der Waals surface area contributed by atoms with E-state index in [2.05, 4.69) is 10.3 Å². The SMILES string of the molecule is O=C(Nc1ccc(F)c(Cl)c1)N(CCCO)C1COCc2[nH]c(=O)c3cc(F)ccc3c21. The molecular formula is C22H20ClF2N3O4. The predicted octanol–water partition coefficient (Wildman–Crippen LogP) is 3.95. The van der Waals surface area contributed by atoms with E-state index in [-0.39, 0.29) is 36.8 Å². The lowest BCUT2D eigenvalue weighted by molar-refractivity contribution is 0.0440. The molecule has 0 aliphatic carbocycles. The van der Waals surface area contributed by atoms with Gasteiger partial charge in [-0.05, 0) is 42.1 Å². The van der Waals surface area contributed by atoms with E-state index in [1.165, 1.54) is 29.2 Å². The first kappa shape index (κ1) is 22.2. The van der Waals surface area contributed by atoms with Crippen LogP contribution in [0.5, 0.6) is 0 Å². The first-order valence-corrected chi connectivity index (χ1v) is 10.3. The van der Waals surface area contributed by atoms with Crippen LogP contribution >= 0.6 is 11.6 Å². The standard InChI is InChI=1S/C22H20ClF2N3O4/c23-16-9-13(3-5-17(16)25)26-22(31)28(6-1-7-29)19-11-32-10-18-20(19)14-4-2-12(24)8-15(14)21(30)27-18/h2-5,8-9,19,29H,1,6-7,10-11H2,(H,26,31)(H,27,30). The minimum absolute atomic E-state index is 0.133. The summed E-state index contributed by atoms with van der Waals surface area (Å²) in [5.74, 6) is -1.16. The number of anilines is 1. The Bertz CT molecular complexity index is 1230. The van der Waals surface area contributed by atoms with Crippen molar-refractivity contribution in [2.75, 3.05) is 25.1 Å². The maximum absolute atomic E-state index is 13.8. The number of amides is 2. The molecule has 4 rings (SSSR count). The summed E-state index contributed by atoms with van der Waals surface area (Å²) in [5.41, 5.74) is 0.989. The highest BCUT2D eigenvalue weighted by Crippen LogP contribution is 2.34. The van der Waals surface area contributed by atoms with Gasteiger partial charge in [-0.2, -0.15) is 0 Å². The van der Waals surface area contributed by atoms with Gasteiger partial charge in [0.1, 0.15) is 11.6 Å². The van der Waals surface area contributed by atoms with E-state index in [0.29, 0.717) is 28.8 Å². The summed E-state index contributed by atoms with van der Waals surface area (Å²) in [6.45, 7) is 0.294. The minimum Gasteiger partial charge on any atom is -0.396 e. The lowest BCUT2D eigenvalue weighted by Crippen LogP contribution is -2.43. The summed E-state index contributed by atoms with van der Waals surface area (Å²) in [6.07, 6.45) is 0.291. The first-order chi connectivity index (χ1) is 15.4. The molecule has 2 amide bonds. The normalized spacial score (nSPS) is 15.4. The van der Waals surface area contributed by atoms with Gasteiger partial charge in [-0.15, -0.1) is 0 Å². The van der Waals surface area contributed by atoms with Gasteiger partial charge in [0.25, 0.3) is 5.56 Å². The molecule has 2 aromatic carbocycles. The molecule has 0 radical (unpaired) electrons. The van der Waals surface area contributed by atoms with Gasteiger partial charge in [0.15, 0.2) is 0 Å². The van der Waals surface area contributed by atoms with Crippen LogP contribution in [0.3, 0.4) is 0 Å². The fourth-order valence-electron chi connectivity index (χ4n) is 3.88. The zero-order valence-corrected chi connectivity index (χ0v) is 17.6. The molecule has 1 unspecified atom stereocenters. The third kappa shape index (κ3) is 4.32. The maximum Gasteiger partial charge on any atom is 0.322 e. The van der Waals surface area contributed by atoms with Crippen LogP contribution in [0.15, 0.2) is 41.2 Å². The number of hydrogen-bond acceptors (Lipinski definition) is 4. The summed E-state index contributed by atoms with van der Waals surface area (Å²) in [5, 5.41) is 12.6. The van der Waals surface area contributed by atoms with E-state index in [9.17, 15) is 23.5 Å². The van der Waals surface area contributed by atoms with Crippen LogP contribution in [-0.2, 0) is 11.3 Å². The summed E-state index contributed by atoms with van der Waals surface area (Å²) in [4.78, 5) is 29.8. The second kappa shape index (κ2) is 9.23. The highest BCUT2D eigenvalue weighted by atomic mass is 35.5. The van der Waals surface area contributed by atoms with Gasteiger partial charge < -0.3 is 25.0 Å². The molecule has 0 fully saturated rings. The molecule has 7 nitrogen and oxygen atoms in total. The molecule has 3 N–H and O–H groups in total. The summed E-state index contributed by atoms with van der Waals surface area (Å²) >= 11 is 5.81. The molecule has 1 aliphatic heterocycles. The number of carbonyl (C=O) groups excluding carboxylic acids is 1. The lowest BCUT2D eigenvalue weighted by Gasteiger charge is -2.36. The molecule has 0 saturated heterocycles. The Kier molecular flexibility index (Phi) is 6.40. The maximum atomic E-state index is 13.8. The van der Waals surface area contributed by atoms with E-state index in [4.69, 9.17) is 16.3 Å². The Labute approximate surface area is 186 Å². The van der Waals surface area contributed by atoms with Crippen LogP contribution in [0.2, 0.25) is 5.02 Å². The quantitative estimate of drug-likeness (QED) is 0.534. The van der Waals surface area contributed by atoms with E-state index in [1.807, 2.05) is 0 Å². The van der Waals surface area contributed by atoms with Crippen molar-refractivity contribution in [1.82, 2.24) is 9.88 Å². The van der Waals surface area contributed by atoms with Gasteiger partial charge in [-0.3, -0.25) is 4.79 Å². The number of hydrogen-bond donors (Lipinski definition) is 3. The predicted molar refractivity (Wildman–Crippen MR) is 116 cm³/mol. The molecule has 3 aromatic rings. The van der Waals surface area contributed by atoms with E-state index < -0.39 is 29.3 Å². The van der Waals surface area contributed by atoms with Crippen LogP contribution in [0.25, 0.3) is 10.8 Å². The molecule has 1 atom stereocenters. The number of benzene rings is 2. The van der Waals surface area contributed by atoms with Crippen molar-refractivity contribution >= 4 is 34.1 Å². The number of rotatable bonds is 5. The van der Waals surface area contributed by atoms with E-state index >= 15 is 0 Å². The number of aromatic nitrogens is 1. The number of aliphatic hydroxyl groups is 1. The average molecular weight is 464 g/mol. The van der Waals surface area contributed by atoms with Gasteiger partial charge in [-0.1, -0.05) is 17.7 Å². The summed E-state index contributed by atoms with van der Waals surface area (Å²) in [6, 6.07) is 6.59. The molecule has 10 heteroatoms. The Morgan fingerprint density at radius 3 is 2.81 bits per heavy atom. The Hall–Kier alpha value is -3.01. The second-order valence-electron chi connectivity index (χ2n) is 7.40. The first-order valence-electron chi connectivity index (χ1n) is 9.94. The number of pyridine rings is 1. The summed E-state index contributed by atoms with van der Waals surface area (Å²) < 4.78 is 32.9. The molecule has 32 heavy (non-hydrogen) atoms. The zero-order chi connectivity index (χ0) is 22.8. The number of ether oxygens (including phenoxy) is 1. The molecule has 2 heterocycles. The largest absolute Gasteiger partial charge is 0.396 e. The third-order valence-corrected chi connectivity index (χ3v) is 5.62.